The summed E-state index contributed by atoms with van der Waals surface area (Å²) >= 11 is 0. The Kier molecular flexibility index (Phi) is 7.09. The molecule has 1 rings (SSSR count). The average Bonchev–Trinajstić information content (AvgIpc) is 2.44. The second kappa shape index (κ2) is 8.97. The zero-order valence-electron chi connectivity index (χ0n) is 11.1. The molecule has 0 aliphatic carbocycles. The molecule has 0 heterocycles. The first-order chi connectivity index (χ1) is 9.22. The van der Waals surface area contributed by atoms with E-state index in [0.717, 1.165) is 6.42 Å². The molecule has 0 saturated carbocycles. The van der Waals surface area contributed by atoms with E-state index in [1.807, 2.05) is 30.3 Å². The summed E-state index contributed by atoms with van der Waals surface area (Å²) < 4.78 is 4.42. The van der Waals surface area contributed by atoms with Crippen molar-refractivity contribution in [3.63, 3.8) is 0 Å². The van der Waals surface area contributed by atoms with Gasteiger partial charge in [0.15, 0.2) is 0 Å². The van der Waals surface area contributed by atoms with Crippen molar-refractivity contribution in [2.75, 3.05) is 20.2 Å². The van der Waals surface area contributed by atoms with Gasteiger partial charge < -0.3 is 15.4 Å². The van der Waals surface area contributed by atoms with Gasteiger partial charge in [-0.05, 0) is 18.4 Å². The Hall–Kier alpha value is -2.04. The Morgan fingerprint density at radius 2 is 1.84 bits per heavy atom. The smallest absolute Gasteiger partial charge is 0.406 e. The SMILES string of the molecule is COC(=O)NCCCC(=O)NCCc1ccccc1. The van der Waals surface area contributed by atoms with Crippen LogP contribution in [0.3, 0.4) is 0 Å². The van der Waals surface area contributed by atoms with E-state index in [-0.39, 0.29) is 5.91 Å². The molecule has 1 aromatic carbocycles. The van der Waals surface area contributed by atoms with E-state index in [2.05, 4.69) is 15.4 Å². The highest BCUT2D eigenvalue weighted by Crippen LogP contribution is 1.98. The number of hydrogen-bond donors (Lipinski definition) is 2. The second-order valence-corrected chi connectivity index (χ2v) is 4.11. The molecule has 19 heavy (non-hydrogen) atoms. The van der Waals surface area contributed by atoms with E-state index in [1.165, 1.54) is 12.7 Å². The number of benzene rings is 1. The predicted molar refractivity (Wildman–Crippen MR) is 72.8 cm³/mol. The molecule has 0 aliphatic heterocycles. The number of rotatable bonds is 7. The van der Waals surface area contributed by atoms with Crippen LogP contribution in [-0.2, 0) is 16.0 Å². The molecule has 0 aliphatic rings. The highest BCUT2D eigenvalue weighted by Gasteiger charge is 2.02. The quantitative estimate of drug-likeness (QED) is 0.733. The van der Waals surface area contributed by atoms with Gasteiger partial charge in [0.05, 0.1) is 7.11 Å². The lowest BCUT2D eigenvalue weighted by Gasteiger charge is -2.06. The summed E-state index contributed by atoms with van der Waals surface area (Å²) in [6, 6.07) is 10.0. The Morgan fingerprint density at radius 1 is 1.11 bits per heavy atom. The standard InChI is InChI=1S/C14H20N2O3/c1-19-14(18)16-10-5-8-13(17)15-11-9-12-6-3-2-4-7-12/h2-4,6-7H,5,8-11H2,1H3,(H,15,17)(H,16,18). The molecule has 5 nitrogen and oxygen atoms in total. The Labute approximate surface area is 113 Å². The molecule has 0 spiro atoms. The van der Waals surface area contributed by atoms with Crippen LogP contribution in [0.1, 0.15) is 18.4 Å². The maximum atomic E-state index is 11.5. The molecule has 104 valence electrons. The van der Waals surface area contributed by atoms with Gasteiger partial charge in [0.2, 0.25) is 5.91 Å². The van der Waals surface area contributed by atoms with Gasteiger partial charge in [-0.25, -0.2) is 4.79 Å². The normalized spacial score (nSPS) is 9.74. The third-order valence-electron chi connectivity index (χ3n) is 2.61. The van der Waals surface area contributed by atoms with Crippen LogP contribution in [-0.4, -0.2) is 32.2 Å². The minimum absolute atomic E-state index is 0.00240. The van der Waals surface area contributed by atoms with Crippen LogP contribution < -0.4 is 10.6 Å². The van der Waals surface area contributed by atoms with Crippen LogP contribution in [0.2, 0.25) is 0 Å². The summed E-state index contributed by atoms with van der Waals surface area (Å²) in [6.45, 7) is 1.08. The molecule has 2 N–H and O–H groups in total. The zero-order chi connectivity index (χ0) is 13.9. The summed E-state index contributed by atoms with van der Waals surface area (Å²) in [5.41, 5.74) is 1.20. The van der Waals surface area contributed by atoms with Gasteiger partial charge in [0.1, 0.15) is 0 Å². The number of amides is 2. The van der Waals surface area contributed by atoms with Crippen molar-refractivity contribution < 1.29 is 14.3 Å². The Morgan fingerprint density at radius 3 is 2.53 bits per heavy atom. The number of nitrogens with one attached hydrogen (secondary N) is 2. The van der Waals surface area contributed by atoms with Crippen molar-refractivity contribution >= 4 is 12.0 Å². The second-order valence-electron chi connectivity index (χ2n) is 4.11. The van der Waals surface area contributed by atoms with Gasteiger partial charge in [-0.3, -0.25) is 4.79 Å². The molecule has 0 unspecified atom stereocenters. The summed E-state index contributed by atoms with van der Waals surface area (Å²) in [4.78, 5) is 22.2. The lowest BCUT2D eigenvalue weighted by molar-refractivity contribution is -0.121. The fourth-order valence-corrected chi connectivity index (χ4v) is 1.59. The van der Waals surface area contributed by atoms with Crippen molar-refractivity contribution in [1.82, 2.24) is 10.6 Å². The summed E-state index contributed by atoms with van der Waals surface area (Å²) in [7, 11) is 1.31. The fraction of sp³-hybridized carbons (Fsp3) is 0.429. The Balaban J connectivity index is 2.04. The van der Waals surface area contributed by atoms with E-state index < -0.39 is 6.09 Å². The lowest BCUT2D eigenvalue weighted by Crippen LogP contribution is -2.28. The van der Waals surface area contributed by atoms with Crippen molar-refractivity contribution in [2.24, 2.45) is 0 Å². The molecular weight excluding hydrogens is 244 g/mol. The van der Waals surface area contributed by atoms with Crippen LogP contribution in [0.15, 0.2) is 30.3 Å². The minimum atomic E-state index is -0.468. The zero-order valence-corrected chi connectivity index (χ0v) is 11.1. The predicted octanol–water partition coefficient (Wildman–Crippen LogP) is 1.48. The number of carbonyl (C=O) groups is 2. The van der Waals surface area contributed by atoms with Crippen LogP contribution >= 0.6 is 0 Å². The molecule has 0 bridgehead atoms. The third-order valence-corrected chi connectivity index (χ3v) is 2.61. The van der Waals surface area contributed by atoms with Crippen LogP contribution in [0, 0.1) is 0 Å². The number of ether oxygens (including phenoxy) is 1. The minimum Gasteiger partial charge on any atom is -0.453 e. The van der Waals surface area contributed by atoms with Gasteiger partial charge in [-0.1, -0.05) is 30.3 Å². The number of alkyl carbamates (subject to hydrolysis) is 1. The number of hydrogen-bond acceptors (Lipinski definition) is 3. The van der Waals surface area contributed by atoms with Gasteiger partial charge >= 0.3 is 6.09 Å². The largest absolute Gasteiger partial charge is 0.453 e. The first-order valence-corrected chi connectivity index (χ1v) is 6.35. The monoisotopic (exact) mass is 264 g/mol. The summed E-state index contributed by atoms with van der Waals surface area (Å²) in [5.74, 6) is 0.00240. The van der Waals surface area contributed by atoms with Gasteiger partial charge in [0, 0.05) is 19.5 Å². The van der Waals surface area contributed by atoms with E-state index >= 15 is 0 Å². The molecule has 0 radical (unpaired) electrons. The molecule has 0 atom stereocenters. The van der Waals surface area contributed by atoms with E-state index in [4.69, 9.17) is 0 Å². The Bertz CT molecular complexity index is 393. The fourth-order valence-electron chi connectivity index (χ4n) is 1.59. The average molecular weight is 264 g/mol. The van der Waals surface area contributed by atoms with Crippen molar-refractivity contribution in [1.29, 1.82) is 0 Å². The molecule has 0 saturated heterocycles. The topological polar surface area (TPSA) is 67.4 Å². The van der Waals surface area contributed by atoms with Gasteiger partial charge in [0.25, 0.3) is 0 Å². The molecule has 0 aromatic heterocycles. The van der Waals surface area contributed by atoms with Gasteiger partial charge in [-0.15, -0.1) is 0 Å². The van der Waals surface area contributed by atoms with Crippen molar-refractivity contribution in [3.05, 3.63) is 35.9 Å². The van der Waals surface area contributed by atoms with E-state index in [9.17, 15) is 9.59 Å². The van der Waals surface area contributed by atoms with E-state index in [1.54, 1.807) is 0 Å². The van der Waals surface area contributed by atoms with Crippen LogP contribution in [0.25, 0.3) is 0 Å². The van der Waals surface area contributed by atoms with Crippen LogP contribution in [0.4, 0.5) is 4.79 Å². The lowest BCUT2D eigenvalue weighted by atomic mass is 10.1. The number of carbonyl (C=O) groups excluding carboxylic acids is 2. The van der Waals surface area contributed by atoms with E-state index in [0.29, 0.717) is 25.9 Å². The van der Waals surface area contributed by atoms with Crippen molar-refractivity contribution in [3.8, 4) is 0 Å². The highest BCUT2D eigenvalue weighted by atomic mass is 16.5. The highest BCUT2D eigenvalue weighted by molar-refractivity contribution is 5.75. The van der Waals surface area contributed by atoms with Crippen molar-refractivity contribution in [2.45, 2.75) is 19.3 Å². The summed E-state index contributed by atoms with van der Waals surface area (Å²) in [6.07, 6.45) is 1.36. The molecule has 5 heteroatoms. The third kappa shape index (κ3) is 7.08. The maximum absolute atomic E-state index is 11.5. The molecule has 1 aromatic rings. The first kappa shape index (κ1) is 15.0. The molecular formula is C14H20N2O3. The van der Waals surface area contributed by atoms with Gasteiger partial charge in [-0.2, -0.15) is 0 Å². The molecule has 2 amide bonds. The molecule has 0 fully saturated rings. The maximum Gasteiger partial charge on any atom is 0.406 e. The summed E-state index contributed by atoms with van der Waals surface area (Å²) in [5, 5.41) is 5.38. The first-order valence-electron chi connectivity index (χ1n) is 6.35. The van der Waals surface area contributed by atoms with Crippen LogP contribution in [0.5, 0.6) is 0 Å². The number of methoxy groups -OCH3 is 1.